The third-order valence-electron chi connectivity index (χ3n) is 3.63. The summed E-state index contributed by atoms with van der Waals surface area (Å²) < 4.78 is 0. The number of likely N-dealkylation sites (N-methyl/N-ethyl adjacent to an activating group) is 1. The maximum Gasteiger partial charge on any atom is 0.144 e. The predicted octanol–water partition coefficient (Wildman–Crippen LogP) is 1.74. The van der Waals surface area contributed by atoms with Gasteiger partial charge in [0.05, 0.1) is 6.54 Å². The molecule has 2 rings (SSSR count). The van der Waals surface area contributed by atoms with E-state index >= 15 is 0 Å². The molecule has 0 amide bonds. The highest BCUT2D eigenvalue weighted by molar-refractivity contribution is 5.35. The van der Waals surface area contributed by atoms with E-state index < -0.39 is 0 Å². The van der Waals surface area contributed by atoms with Gasteiger partial charge in [-0.15, -0.1) is 0 Å². The number of aryl methyl sites for hydroxylation is 1. The highest BCUT2D eigenvalue weighted by Crippen LogP contribution is 2.10. The fourth-order valence-corrected chi connectivity index (χ4v) is 2.50. The lowest BCUT2D eigenvalue weighted by atomic mass is 10.3. The van der Waals surface area contributed by atoms with E-state index in [9.17, 15) is 0 Å². The van der Waals surface area contributed by atoms with Crippen molar-refractivity contribution in [1.29, 1.82) is 0 Å². The van der Waals surface area contributed by atoms with Gasteiger partial charge >= 0.3 is 0 Å². The Labute approximate surface area is 122 Å². The molecule has 0 aromatic carbocycles. The molecule has 1 N–H and O–H groups in total. The molecule has 1 aromatic heterocycles. The maximum atomic E-state index is 4.64. The van der Waals surface area contributed by atoms with Gasteiger partial charge in [-0.25, -0.2) is 9.97 Å². The zero-order valence-corrected chi connectivity index (χ0v) is 13.0. The van der Waals surface area contributed by atoms with E-state index in [-0.39, 0.29) is 0 Å². The summed E-state index contributed by atoms with van der Waals surface area (Å²) in [4.78, 5) is 14.1. The van der Waals surface area contributed by atoms with Crippen molar-refractivity contribution in [3.05, 3.63) is 17.6 Å². The van der Waals surface area contributed by atoms with Crippen molar-refractivity contribution < 1.29 is 0 Å². The van der Waals surface area contributed by atoms with Crippen LogP contribution in [-0.2, 0) is 6.54 Å². The largest absolute Gasteiger partial charge is 0.370 e. The fraction of sp³-hybridized carbons (Fsp3) is 0.733. The van der Waals surface area contributed by atoms with E-state index in [0.29, 0.717) is 0 Å². The number of aromatic nitrogens is 2. The summed E-state index contributed by atoms with van der Waals surface area (Å²) in [7, 11) is 2.19. The van der Waals surface area contributed by atoms with Crippen LogP contribution in [-0.4, -0.2) is 59.5 Å². The minimum absolute atomic E-state index is 0.857. The van der Waals surface area contributed by atoms with Gasteiger partial charge in [-0.3, -0.25) is 4.90 Å². The number of hydrogen-bond acceptors (Lipinski definition) is 5. The standard InChI is InChI=1S/C15H27N5/c1-4-6-16-14-11-13(2)17-15(18-14)12-20-8-5-7-19(3)9-10-20/h11H,4-10,12H2,1-3H3,(H,16,17,18). The second-order valence-corrected chi connectivity index (χ2v) is 5.67. The van der Waals surface area contributed by atoms with Crippen LogP contribution in [0.3, 0.4) is 0 Å². The number of rotatable bonds is 5. The normalized spacial score (nSPS) is 17.9. The second kappa shape index (κ2) is 7.55. The first-order valence-corrected chi connectivity index (χ1v) is 7.66. The van der Waals surface area contributed by atoms with Gasteiger partial charge in [-0.2, -0.15) is 0 Å². The minimum atomic E-state index is 0.857. The van der Waals surface area contributed by atoms with Crippen molar-refractivity contribution in [2.75, 3.05) is 45.1 Å². The zero-order valence-electron chi connectivity index (χ0n) is 13.0. The van der Waals surface area contributed by atoms with Gasteiger partial charge in [0.15, 0.2) is 0 Å². The number of nitrogens with one attached hydrogen (secondary N) is 1. The summed E-state index contributed by atoms with van der Waals surface area (Å²) >= 11 is 0. The molecule has 1 aliphatic heterocycles. The van der Waals surface area contributed by atoms with Gasteiger partial charge in [0.2, 0.25) is 0 Å². The molecule has 0 unspecified atom stereocenters. The molecule has 1 saturated heterocycles. The molecule has 5 heteroatoms. The Morgan fingerprint density at radius 1 is 1.20 bits per heavy atom. The number of nitrogens with zero attached hydrogens (tertiary/aromatic N) is 4. The van der Waals surface area contributed by atoms with Crippen LogP contribution in [0, 0.1) is 6.92 Å². The van der Waals surface area contributed by atoms with E-state index in [4.69, 9.17) is 0 Å². The smallest absolute Gasteiger partial charge is 0.144 e. The van der Waals surface area contributed by atoms with Gasteiger partial charge in [0, 0.05) is 31.4 Å². The summed E-state index contributed by atoms with van der Waals surface area (Å²) in [5, 5.41) is 3.35. The van der Waals surface area contributed by atoms with Gasteiger partial charge in [0.1, 0.15) is 11.6 Å². The Morgan fingerprint density at radius 2 is 2.05 bits per heavy atom. The molecular weight excluding hydrogens is 250 g/mol. The molecule has 1 aliphatic rings. The minimum Gasteiger partial charge on any atom is -0.370 e. The second-order valence-electron chi connectivity index (χ2n) is 5.67. The first-order chi connectivity index (χ1) is 9.67. The monoisotopic (exact) mass is 277 g/mol. The highest BCUT2D eigenvalue weighted by Gasteiger charge is 2.14. The molecule has 1 fully saturated rings. The fourth-order valence-electron chi connectivity index (χ4n) is 2.50. The molecule has 1 aromatic rings. The average molecular weight is 277 g/mol. The Bertz CT molecular complexity index is 421. The summed E-state index contributed by atoms with van der Waals surface area (Å²) in [6, 6.07) is 2.02. The quantitative estimate of drug-likeness (QED) is 0.888. The molecule has 5 nitrogen and oxygen atoms in total. The van der Waals surface area contributed by atoms with Gasteiger partial charge in [-0.05, 0) is 39.9 Å². The van der Waals surface area contributed by atoms with Crippen molar-refractivity contribution in [2.45, 2.75) is 33.2 Å². The van der Waals surface area contributed by atoms with Crippen molar-refractivity contribution in [3.63, 3.8) is 0 Å². The number of anilines is 1. The van der Waals surface area contributed by atoms with Crippen molar-refractivity contribution >= 4 is 5.82 Å². The van der Waals surface area contributed by atoms with Crippen molar-refractivity contribution in [3.8, 4) is 0 Å². The van der Waals surface area contributed by atoms with E-state index in [1.54, 1.807) is 0 Å². The van der Waals surface area contributed by atoms with E-state index in [1.807, 2.05) is 13.0 Å². The van der Waals surface area contributed by atoms with Gasteiger partial charge in [0.25, 0.3) is 0 Å². The van der Waals surface area contributed by atoms with Crippen molar-refractivity contribution in [1.82, 2.24) is 19.8 Å². The highest BCUT2D eigenvalue weighted by atomic mass is 15.2. The lowest BCUT2D eigenvalue weighted by Crippen LogP contribution is -2.29. The molecule has 0 spiro atoms. The Hall–Kier alpha value is -1.20. The number of hydrogen-bond donors (Lipinski definition) is 1. The van der Waals surface area contributed by atoms with E-state index in [2.05, 4.69) is 39.1 Å². The lowest BCUT2D eigenvalue weighted by Gasteiger charge is -2.19. The molecule has 0 bridgehead atoms. The summed E-state index contributed by atoms with van der Waals surface area (Å²) in [6.07, 6.45) is 2.33. The van der Waals surface area contributed by atoms with E-state index in [0.717, 1.165) is 56.5 Å². The molecule has 112 valence electrons. The summed E-state index contributed by atoms with van der Waals surface area (Å²) in [5.74, 6) is 1.90. The maximum absolute atomic E-state index is 4.64. The third kappa shape index (κ3) is 4.72. The Balaban J connectivity index is 1.98. The van der Waals surface area contributed by atoms with Crippen LogP contribution in [0.1, 0.15) is 31.3 Å². The SMILES string of the molecule is CCCNc1cc(C)nc(CN2CCCN(C)CC2)n1. The van der Waals surface area contributed by atoms with Crippen LogP contribution < -0.4 is 5.32 Å². The summed E-state index contributed by atoms with van der Waals surface area (Å²) in [6.45, 7) is 10.6. The van der Waals surface area contributed by atoms with E-state index in [1.165, 1.54) is 13.0 Å². The molecule has 0 aliphatic carbocycles. The molecule has 0 saturated carbocycles. The predicted molar refractivity (Wildman–Crippen MR) is 82.9 cm³/mol. The molecule has 0 radical (unpaired) electrons. The first kappa shape index (κ1) is 15.2. The van der Waals surface area contributed by atoms with Crippen molar-refractivity contribution in [2.24, 2.45) is 0 Å². The van der Waals surface area contributed by atoms with Crippen LogP contribution >= 0.6 is 0 Å². The lowest BCUT2D eigenvalue weighted by molar-refractivity contribution is 0.263. The summed E-state index contributed by atoms with van der Waals surface area (Å²) in [5.41, 5.74) is 1.04. The van der Waals surface area contributed by atoms with Crippen LogP contribution in [0.4, 0.5) is 5.82 Å². The topological polar surface area (TPSA) is 44.3 Å². The molecule has 20 heavy (non-hydrogen) atoms. The zero-order chi connectivity index (χ0) is 14.4. The first-order valence-electron chi connectivity index (χ1n) is 7.66. The van der Waals surface area contributed by atoms with Gasteiger partial charge in [-0.1, -0.05) is 6.92 Å². The molecule has 2 heterocycles. The third-order valence-corrected chi connectivity index (χ3v) is 3.63. The van der Waals surface area contributed by atoms with Crippen LogP contribution in [0.2, 0.25) is 0 Å². The van der Waals surface area contributed by atoms with Gasteiger partial charge < -0.3 is 10.2 Å². The van der Waals surface area contributed by atoms with Crippen LogP contribution in [0.15, 0.2) is 6.07 Å². The average Bonchev–Trinajstić information content (AvgIpc) is 2.61. The Kier molecular flexibility index (Phi) is 5.73. The molecule has 0 atom stereocenters. The van der Waals surface area contributed by atoms with Crippen LogP contribution in [0.25, 0.3) is 0 Å². The molecular formula is C15H27N5. The Morgan fingerprint density at radius 3 is 2.85 bits per heavy atom. The van der Waals surface area contributed by atoms with Crippen LogP contribution in [0.5, 0.6) is 0 Å².